The normalized spacial score (nSPS) is 11.0. The number of carboxylic acids is 1. The van der Waals surface area contributed by atoms with Gasteiger partial charge in [0.05, 0.1) is 23.1 Å². The second kappa shape index (κ2) is 6.67. The number of hydrogen-bond donors (Lipinski definition) is 2. The zero-order chi connectivity index (χ0) is 17.4. The van der Waals surface area contributed by atoms with Gasteiger partial charge in [-0.2, -0.15) is 0 Å². The average Bonchev–Trinajstić information content (AvgIpc) is 2.92. The predicted octanol–water partition coefficient (Wildman–Crippen LogP) is 4.85. The summed E-state index contributed by atoms with van der Waals surface area (Å²) < 4.78 is 18.1. The molecule has 124 valence electrons. The molecule has 8 heteroatoms. The molecule has 0 amide bonds. The zero-order valence-electron chi connectivity index (χ0n) is 12.5. The van der Waals surface area contributed by atoms with E-state index in [1.165, 1.54) is 12.4 Å². The molecule has 0 saturated carbocycles. The van der Waals surface area contributed by atoms with Crippen molar-refractivity contribution in [2.75, 3.05) is 5.32 Å². The van der Waals surface area contributed by atoms with Crippen LogP contribution in [0.2, 0.25) is 0 Å². The number of halogens is 3. The van der Waals surface area contributed by atoms with Gasteiger partial charge in [0.25, 0.3) is 0 Å². The largest absolute Gasteiger partial charge is 0.478 e. The minimum atomic E-state index is -1.20. The van der Waals surface area contributed by atoms with Crippen molar-refractivity contribution in [3.63, 3.8) is 0 Å². The van der Waals surface area contributed by atoms with E-state index >= 15 is 0 Å². The van der Waals surface area contributed by atoms with E-state index < -0.39 is 11.8 Å². The standard InChI is InChI=1S/C16H12BrFIN3O2/c1-22-7-20-15-12(22)5-10(16(23)24)14(13(15)18)21-11-3-2-9(17)4-8(11)6-19/h2-5,7,21H,6H2,1H3,(H,23,24). The van der Waals surface area contributed by atoms with E-state index in [-0.39, 0.29) is 16.8 Å². The molecule has 2 aromatic carbocycles. The Morgan fingerprint density at radius 1 is 1.46 bits per heavy atom. The van der Waals surface area contributed by atoms with Crippen LogP contribution < -0.4 is 5.32 Å². The minimum Gasteiger partial charge on any atom is -0.478 e. The molecule has 0 aliphatic heterocycles. The van der Waals surface area contributed by atoms with E-state index in [9.17, 15) is 14.3 Å². The van der Waals surface area contributed by atoms with Gasteiger partial charge in [-0.1, -0.05) is 38.5 Å². The number of benzene rings is 2. The first-order valence-corrected chi connectivity index (χ1v) is 9.22. The second-order valence-electron chi connectivity index (χ2n) is 5.20. The van der Waals surface area contributed by atoms with E-state index in [4.69, 9.17) is 0 Å². The van der Waals surface area contributed by atoms with Gasteiger partial charge in [-0.15, -0.1) is 0 Å². The zero-order valence-corrected chi connectivity index (χ0v) is 16.2. The fraction of sp³-hybridized carbons (Fsp3) is 0.125. The van der Waals surface area contributed by atoms with Crippen molar-refractivity contribution in [2.24, 2.45) is 7.05 Å². The Balaban J connectivity index is 2.20. The maximum atomic E-state index is 14.9. The molecule has 0 fully saturated rings. The topological polar surface area (TPSA) is 67.2 Å². The summed E-state index contributed by atoms with van der Waals surface area (Å²) in [6.45, 7) is 0. The SMILES string of the molecule is Cn1cnc2c(F)c(Nc3ccc(Br)cc3CI)c(C(=O)O)cc21. The lowest BCUT2D eigenvalue weighted by molar-refractivity contribution is 0.0697. The van der Waals surface area contributed by atoms with E-state index in [0.717, 1.165) is 10.0 Å². The predicted molar refractivity (Wildman–Crippen MR) is 103 cm³/mol. The Hall–Kier alpha value is -1.68. The Morgan fingerprint density at radius 3 is 2.88 bits per heavy atom. The van der Waals surface area contributed by atoms with Crippen LogP contribution in [-0.4, -0.2) is 20.6 Å². The Labute approximate surface area is 159 Å². The Bertz CT molecular complexity index is 958. The number of fused-ring (bicyclic) bond motifs is 1. The van der Waals surface area contributed by atoms with Crippen molar-refractivity contribution in [3.05, 3.63) is 52.0 Å². The highest BCUT2D eigenvalue weighted by Gasteiger charge is 2.21. The summed E-state index contributed by atoms with van der Waals surface area (Å²) in [5, 5.41) is 12.4. The van der Waals surface area contributed by atoms with Crippen LogP contribution in [0.15, 0.2) is 35.1 Å². The first-order chi connectivity index (χ1) is 11.4. The molecule has 0 spiro atoms. The number of hydrogen-bond acceptors (Lipinski definition) is 3. The minimum absolute atomic E-state index is 0.0814. The first kappa shape index (κ1) is 17.2. The van der Waals surface area contributed by atoms with Crippen molar-refractivity contribution >= 4 is 66.9 Å². The lowest BCUT2D eigenvalue weighted by atomic mass is 10.1. The number of aromatic carboxylic acids is 1. The molecule has 0 bridgehead atoms. The third kappa shape index (κ3) is 3.00. The smallest absolute Gasteiger partial charge is 0.338 e. The van der Waals surface area contributed by atoms with Crippen LogP contribution in [0.25, 0.3) is 11.0 Å². The summed E-state index contributed by atoms with van der Waals surface area (Å²) in [5.74, 6) is -1.87. The molecule has 24 heavy (non-hydrogen) atoms. The molecular formula is C16H12BrFIN3O2. The van der Waals surface area contributed by atoms with Gasteiger partial charge in [0.15, 0.2) is 5.82 Å². The van der Waals surface area contributed by atoms with Crippen molar-refractivity contribution in [3.8, 4) is 0 Å². The summed E-state index contributed by atoms with van der Waals surface area (Å²) in [6.07, 6.45) is 1.46. The molecule has 0 radical (unpaired) electrons. The highest BCUT2D eigenvalue weighted by molar-refractivity contribution is 14.1. The molecular weight excluding hydrogens is 492 g/mol. The van der Waals surface area contributed by atoms with Crippen molar-refractivity contribution < 1.29 is 14.3 Å². The van der Waals surface area contributed by atoms with Crippen LogP contribution in [0.4, 0.5) is 15.8 Å². The number of rotatable bonds is 4. The monoisotopic (exact) mass is 503 g/mol. The van der Waals surface area contributed by atoms with Crippen LogP contribution in [0, 0.1) is 5.82 Å². The summed E-state index contributed by atoms with van der Waals surface area (Å²) in [4.78, 5) is 15.6. The molecule has 0 aliphatic rings. The fourth-order valence-electron chi connectivity index (χ4n) is 2.44. The molecule has 1 aromatic heterocycles. The van der Waals surface area contributed by atoms with Gasteiger partial charge in [-0.3, -0.25) is 0 Å². The van der Waals surface area contributed by atoms with Crippen molar-refractivity contribution in [1.82, 2.24) is 9.55 Å². The summed E-state index contributed by atoms with van der Waals surface area (Å²) in [7, 11) is 1.69. The summed E-state index contributed by atoms with van der Waals surface area (Å²) in [6, 6.07) is 6.94. The average molecular weight is 504 g/mol. The number of carbonyl (C=O) groups is 1. The van der Waals surface area contributed by atoms with E-state index in [1.54, 1.807) is 17.7 Å². The van der Waals surface area contributed by atoms with Gasteiger partial charge in [0, 0.05) is 21.6 Å². The second-order valence-corrected chi connectivity index (χ2v) is 6.88. The number of aryl methyl sites for hydroxylation is 1. The fourth-order valence-corrected chi connectivity index (χ4v) is 3.48. The van der Waals surface area contributed by atoms with Crippen LogP contribution in [0.5, 0.6) is 0 Å². The molecule has 1 heterocycles. The number of alkyl halides is 1. The van der Waals surface area contributed by atoms with Gasteiger partial charge in [-0.25, -0.2) is 14.2 Å². The lowest BCUT2D eigenvalue weighted by Crippen LogP contribution is -2.07. The number of aromatic nitrogens is 2. The molecule has 2 N–H and O–H groups in total. The number of anilines is 2. The van der Waals surface area contributed by atoms with Gasteiger partial charge in [0.2, 0.25) is 0 Å². The molecule has 0 saturated heterocycles. The molecule has 0 aliphatic carbocycles. The first-order valence-electron chi connectivity index (χ1n) is 6.90. The van der Waals surface area contributed by atoms with Crippen LogP contribution in [0.1, 0.15) is 15.9 Å². The molecule has 3 rings (SSSR count). The maximum Gasteiger partial charge on any atom is 0.338 e. The lowest BCUT2D eigenvalue weighted by Gasteiger charge is -2.14. The molecule has 3 aromatic rings. The Kier molecular flexibility index (Phi) is 4.77. The van der Waals surface area contributed by atoms with Crippen LogP contribution in [-0.2, 0) is 11.5 Å². The number of nitrogens with zero attached hydrogens (tertiary/aromatic N) is 2. The number of imidazole rings is 1. The number of nitrogens with one attached hydrogen (secondary N) is 1. The van der Waals surface area contributed by atoms with E-state index in [2.05, 4.69) is 48.8 Å². The highest BCUT2D eigenvalue weighted by atomic mass is 127. The maximum absolute atomic E-state index is 14.9. The summed E-state index contributed by atoms with van der Waals surface area (Å²) in [5.41, 5.74) is 1.94. The van der Waals surface area contributed by atoms with Gasteiger partial charge in [0.1, 0.15) is 5.52 Å². The molecule has 5 nitrogen and oxygen atoms in total. The number of carboxylic acid groups (broad SMARTS) is 1. The van der Waals surface area contributed by atoms with E-state index in [0.29, 0.717) is 15.6 Å². The third-order valence-corrected chi connectivity index (χ3v) is 4.98. The van der Waals surface area contributed by atoms with E-state index in [1.807, 2.05) is 12.1 Å². The van der Waals surface area contributed by atoms with Crippen LogP contribution in [0.3, 0.4) is 0 Å². The van der Waals surface area contributed by atoms with Crippen LogP contribution >= 0.6 is 38.5 Å². The third-order valence-electron chi connectivity index (χ3n) is 3.66. The Morgan fingerprint density at radius 2 is 2.21 bits per heavy atom. The van der Waals surface area contributed by atoms with Gasteiger partial charge >= 0.3 is 5.97 Å². The summed E-state index contributed by atoms with van der Waals surface area (Å²) >= 11 is 5.60. The highest BCUT2D eigenvalue weighted by Crippen LogP contribution is 2.33. The van der Waals surface area contributed by atoms with Gasteiger partial charge < -0.3 is 15.0 Å². The molecule has 0 atom stereocenters. The molecule has 0 unspecified atom stereocenters. The van der Waals surface area contributed by atoms with Crippen molar-refractivity contribution in [1.29, 1.82) is 0 Å². The van der Waals surface area contributed by atoms with Gasteiger partial charge in [-0.05, 0) is 29.8 Å². The van der Waals surface area contributed by atoms with Crippen molar-refractivity contribution in [2.45, 2.75) is 4.43 Å². The quantitative estimate of drug-likeness (QED) is 0.394.